The van der Waals surface area contributed by atoms with E-state index in [1.165, 1.54) is 0 Å². The van der Waals surface area contributed by atoms with Crippen molar-refractivity contribution in [2.24, 2.45) is 0 Å². The number of nitrogens with zero attached hydrogens (tertiary/aromatic N) is 2. The Kier molecular flexibility index (Phi) is 2.68. The highest BCUT2D eigenvalue weighted by Gasteiger charge is 2.18. The Balaban J connectivity index is 2.53. The summed E-state index contributed by atoms with van der Waals surface area (Å²) in [7, 11) is 0. The second-order valence-corrected chi connectivity index (χ2v) is 5.54. The first-order valence-corrected chi connectivity index (χ1v) is 6.09. The fraction of sp³-hybridized carbons (Fsp3) is 0.333. The van der Waals surface area contributed by atoms with Crippen LogP contribution in [0, 0.1) is 0 Å². The molecular formula is C12H15N3S. The van der Waals surface area contributed by atoms with Crippen LogP contribution >= 0.6 is 11.3 Å². The van der Waals surface area contributed by atoms with Crippen molar-refractivity contribution in [3.8, 4) is 11.3 Å². The van der Waals surface area contributed by atoms with Gasteiger partial charge in [-0.3, -0.25) is 0 Å². The lowest BCUT2D eigenvalue weighted by atomic mass is 9.95. The fourth-order valence-electron chi connectivity index (χ4n) is 1.36. The zero-order valence-electron chi connectivity index (χ0n) is 9.69. The van der Waals surface area contributed by atoms with Gasteiger partial charge in [0.1, 0.15) is 11.6 Å². The summed E-state index contributed by atoms with van der Waals surface area (Å²) < 4.78 is 0. The van der Waals surface area contributed by atoms with E-state index in [1.807, 2.05) is 17.5 Å². The van der Waals surface area contributed by atoms with Crippen molar-refractivity contribution >= 4 is 17.2 Å². The van der Waals surface area contributed by atoms with Crippen LogP contribution in [0.5, 0.6) is 0 Å². The summed E-state index contributed by atoms with van der Waals surface area (Å²) in [4.78, 5) is 8.85. The molecule has 3 nitrogen and oxygen atoms in total. The summed E-state index contributed by atoms with van der Waals surface area (Å²) in [5.74, 6) is 1.31. The topological polar surface area (TPSA) is 51.8 Å². The molecule has 0 amide bonds. The highest BCUT2D eigenvalue weighted by atomic mass is 32.1. The number of aromatic nitrogens is 2. The van der Waals surface area contributed by atoms with E-state index in [1.54, 1.807) is 11.3 Å². The van der Waals surface area contributed by atoms with Crippen molar-refractivity contribution in [1.29, 1.82) is 0 Å². The average Bonchev–Trinajstić information content (AvgIpc) is 2.68. The Hall–Kier alpha value is -1.42. The molecule has 0 saturated heterocycles. The van der Waals surface area contributed by atoms with E-state index < -0.39 is 0 Å². The van der Waals surface area contributed by atoms with E-state index in [0.717, 1.165) is 17.1 Å². The summed E-state index contributed by atoms with van der Waals surface area (Å²) in [6, 6.07) is 3.86. The summed E-state index contributed by atoms with van der Waals surface area (Å²) in [6.07, 6.45) is 0. The van der Waals surface area contributed by atoms with Gasteiger partial charge in [0.15, 0.2) is 0 Å². The molecular weight excluding hydrogens is 218 g/mol. The molecule has 2 rings (SSSR count). The van der Waals surface area contributed by atoms with Gasteiger partial charge in [-0.1, -0.05) is 20.8 Å². The molecule has 0 bridgehead atoms. The van der Waals surface area contributed by atoms with Gasteiger partial charge in [-0.25, -0.2) is 9.97 Å². The van der Waals surface area contributed by atoms with Crippen LogP contribution < -0.4 is 5.73 Å². The number of rotatable bonds is 1. The van der Waals surface area contributed by atoms with Crippen molar-refractivity contribution in [3.05, 3.63) is 28.7 Å². The van der Waals surface area contributed by atoms with E-state index in [2.05, 4.69) is 36.1 Å². The first kappa shape index (κ1) is 11.1. The molecule has 0 spiro atoms. The Labute approximate surface area is 99.4 Å². The van der Waals surface area contributed by atoms with E-state index >= 15 is 0 Å². The summed E-state index contributed by atoms with van der Waals surface area (Å²) in [5.41, 5.74) is 7.73. The molecule has 0 aliphatic rings. The van der Waals surface area contributed by atoms with Gasteiger partial charge in [-0.15, -0.1) is 0 Å². The predicted molar refractivity (Wildman–Crippen MR) is 68.5 cm³/mol. The van der Waals surface area contributed by atoms with Crippen LogP contribution in [-0.4, -0.2) is 9.97 Å². The van der Waals surface area contributed by atoms with Crippen molar-refractivity contribution in [1.82, 2.24) is 9.97 Å². The fourth-order valence-corrected chi connectivity index (χ4v) is 2.01. The number of nitrogen functional groups attached to an aromatic ring is 1. The monoisotopic (exact) mass is 233 g/mol. The van der Waals surface area contributed by atoms with Gasteiger partial charge >= 0.3 is 0 Å². The van der Waals surface area contributed by atoms with E-state index in [4.69, 9.17) is 5.73 Å². The zero-order chi connectivity index (χ0) is 11.8. The zero-order valence-corrected chi connectivity index (χ0v) is 10.5. The highest BCUT2D eigenvalue weighted by molar-refractivity contribution is 7.08. The van der Waals surface area contributed by atoms with Gasteiger partial charge < -0.3 is 5.73 Å². The second kappa shape index (κ2) is 3.87. The van der Waals surface area contributed by atoms with Crippen LogP contribution in [0.2, 0.25) is 0 Å². The SMILES string of the molecule is CC(C)(C)c1nc(N)cc(-c2ccsc2)n1. The van der Waals surface area contributed by atoms with Gasteiger partial charge in [0.25, 0.3) is 0 Å². The van der Waals surface area contributed by atoms with Gasteiger partial charge in [-0.05, 0) is 11.4 Å². The van der Waals surface area contributed by atoms with E-state index in [-0.39, 0.29) is 5.41 Å². The molecule has 2 aromatic heterocycles. The highest BCUT2D eigenvalue weighted by Crippen LogP contribution is 2.25. The van der Waals surface area contributed by atoms with Gasteiger partial charge in [-0.2, -0.15) is 11.3 Å². The van der Waals surface area contributed by atoms with Gasteiger partial charge in [0.2, 0.25) is 0 Å². The molecule has 0 radical (unpaired) electrons. The molecule has 0 aliphatic carbocycles. The predicted octanol–water partition coefficient (Wildman–Crippen LogP) is 3.08. The van der Waals surface area contributed by atoms with Gasteiger partial charge in [0.05, 0.1) is 5.69 Å². The molecule has 2 heterocycles. The Morgan fingerprint density at radius 1 is 1.25 bits per heavy atom. The third kappa shape index (κ3) is 2.22. The Morgan fingerprint density at radius 2 is 2.00 bits per heavy atom. The molecule has 16 heavy (non-hydrogen) atoms. The largest absolute Gasteiger partial charge is 0.384 e. The number of hydrogen-bond acceptors (Lipinski definition) is 4. The number of nitrogens with two attached hydrogens (primary N) is 1. The Morgan fingerprint density at radius 3 is 2.56 bits per heavy atom. The third-order valence-electron chi connectivity index (χ3n) is 2.23. The van der Waals surface area contributed by atoms with Crippen molar-refractivity contribution in [2.75, 3.05) is 5.73 Å². The summed E-state index contributed by atoms with van der Waals surface area (Å²) in [5, 5.41) is 4.10. The van der Waals surface area contributed by atoms with Crippen LogP contribution in [0.3, 0.4) is 0 Å². The summed E-state index contributed by atoms with van der Waals surface area (Å²) >= 11 is 1.65. The second-order valence-electron chi connectivity index (χ2n) is 4.76. The van der Waals surface area contributed by atoms with Crippen molar-refractivity contribution in [3.63, 3.8) is 0 Å². The van der Waals surface area contributed by atoms with Crippen LogP contribution in [-0.2, 0) is 5.41 Å². The first-order valence-electron chi connectivity index (χ1n) is 5.14. The minimum Gasteiger partial charge on any atom is -0.384 e. The molecule has 0 atom stereocenters. The minimum atomic E-state index is -0.0832. The third-order valence-corrected chi connectivity index (χ3v) is 2.92. The minimum absolute atomic E-state index is 0.0832. The summed E-state index contributed by atoms with van der Waals surface area (Å²) in [6.45, 7) is 6.25. The van der Waals surface area contributed by atoms with Crippen LogP contribution in [0.25, 0.3) is 11.3 Å². The maximum Gasteiger partial charge on any atom is 0.136 e. The molecule has 0 unspecified atom stereocenters. The number of thiophene rings is 1. The molecule has 2 N–H and O–H groups in total. The average molecular weight is 233 g/mol. The molecule has 0 aromatic carbocycles. The normalized spacial score (nSPS) is 11.7. The van der Waals surface area contributed by atoms with Crippen LogP contribution in [0.4, 0.5) is 5.82 Å². The van der Waals surface area contributed by atoms with Crippen LogP contribution in [0.1, 0.15) is 26.6 Å². The molecule has 0 aliphatic heterocycles. The quantitative estimate of drug-likeness (QED) is 0.823. The molecule has 2 aromatic rings. The van der Waals surface area contributed by atoms with Crippen LogP contribution in [0.15, 0.2) is 22.9 Å². The Bertz CT molecular complexity index is 483. The van der Waals surface area contributed by atoms with E-state index in [0.29, 0.717) is 5.82 Å². The smallest absolute Gasteiger partial charge is 0.136 e. The lowest BCUT2D eigenvalue weighted by Gasteiger charge is -2.17. The standard InChI is InChI=1S/C12H15N3S/c1-12(2,3)11-14-9(6-10(13)15-11)8-4-5-16-7-8/h4-7H,1-3H3,(H2,13,14,15). The molecule has 0 saturated carbocycles. The number of anilines is 1. The lowest BCUT2D eigenvalue weighted by molar-refractivity contribution is 0.547. The molecule has 4 heteroatoms. The van der Waals surface area contributed by atoms with Crippen molar-refractivity contribution in [2.45, 2.75) is 26.2 Å². The maximum absolute atomic E-state index is 5.81. The van der Waals surface area contributed by atoms with Gasteiger partial charge in [0, 0.05) is 22.4 Å². The lowest BCUT2D eigenvalue weighted by Crippen LogP contribution is -2.17. The van der Waals surface area contributed by atoms with E-state index in [9.17, 15) is 0 Å². The maximum atomic E-state index is 5.81. The first-order chi connectivity index (χ1) is 7.47. The molecule has 0 fully saturated rings. The van der Waals surface area contributed by atoms with Crippen molar-refractivity contribution < 1.29 is 0 Å². The number of hydrogen-bond donors (Lipinski definition) is 1. The molecule has 84 valence electrons.